The minimum Gasteiger partial charge on any atom is -0.459 e. The first-order valence-electron chi connectivity index (χ1n) is 8.03. The summed E-state index contributed by atoms with van der Waals surface area (Å²) in [6.07, 6.45) is 4.21. The summed E-state index contributed by atoms with van der Waals surface area (Å²) < 4.78 is 6.68. The Kier molecular flexibility index (Phi) is 4.91. The molecule has 9 nitrogen and oxygen atoms in total. The highest BCUT2D eigenvalue weighted by Gasteiger charge is 2.27. The maximum Gasteiger partial charge on any atom is 0.341 e. The number of primary amides is 1. The van der Waals surface area contributed by atoms with E-state index in [-0.39, 0.29) is 27.1 Å². The molecule has 10 heteroatoms. The third-order valence-electron chi connectivity index (χ3n) is 3.67. The first-order chi connectivity index (χ1) is 12.8. The molecule has 2 amide bonds. The minimum absolute atomic E-state index is 0.111. The number of carbonyl (C=O) groups excluding carboxylic acids is 3. The minimum atomic E-state index is -0.686. The lowest BCUT2D eigenvalue weighted by Crippen LogP contribution is -2.17. The van der Waals surface area contributed by atoms with Crippen LogP contribution in [0.15, 0.2) is 24.7 Å². The van der Waals surface area contributed by atoms with Gasteiger partial charge >= 0.3 is 5.97 Å². The monoisotopic (exact) mass is 387 g/mol. The predicted octanol–water partition coefficient (Wildman–Crippen LogP) is 2.02. The van der Waals surface area contributed by atoms with Crippen molar-refractivity contribution in [1.29, 1.82) is 0 Å². The number of aromatic nitrogens is 3. The van der Waals surface area contributed by atoms with E-state index in [0.29, 0.717) is 11.2 Å². The molecule has 3 aromatic heterocycles. The fraction of sp³-hybridized carbons (Fsp3) is 0.235. The van der Waals surface area contributed by atoms with Crippen molar-refractivity contribution in [2.45, 2.75) is 26.9 Å². The summed E-state index contributed by atoms with van der Waals surface area (Å²) in [7, 11) is 0. The fourth-order valence-corrected chi connectivity index (χ4v) is 3.56. The molecule has 3 rings (SSSR count). The Morgan fingerprint density at radius 3 is 2.74 bits per heavy atom. The average molecular weight is 387 g/mol. The number of nitrogens with zero attached hydrogens (tertiary/aromatic N) is 3. The van der Waals surface area contributed by atoms with Crippen molar-refractivity contribution in [2.75, 3.05) is 5.32 Å². The van der Waals surface area contributed by atoms with E-state index in [9.17, 15) is 14.4 Å². The summed E-state index contributed by atoms with van der Waals surface area (Å²) in [4.78, 5) is 41.2. The Balaban J connectivity index is 2.00. The average Bonchev–Trinajstić information content (AvgIpc) is 3.15. The summed E-state index contributed by atoms with van der Waals surface area (Å²) in [5, 5.41) is 6.90. The van der Waals surface area contributed by atoms with Crippen LogP contribution in [-0.4, -0.2) is 38.5 Å². The Bertz CT molecular complexity index is 1050. The molecule has 140 valence electrons. The number of nitrogens with one attached hydrogen (secondary N) is 1. The molecular weight excluding hydrogens is 370 g/mol. The van der Waals surface area contributed by atoms with Crippen LogP contribution in [0.2, 0.25) is 0 Å². The molecule has 0 radical (unpaired) electrons. The van der Waals surface area contributed by atoms with Gasteiger partial charge in [0.2, 0.25) is 0 Å². The molecule has 3 aromatic rings. The van der Waals surface area contributed by atoms with Gasteiger partial charge in [-0.25, -0.2) is 14.3 Å². The summed E-state index contributed by atoms with van der Waals surface area (Å²) >= 11 is 0.926. The summed E-state index contributed by atoms with van der Waals surface area (Å²) in [6.45, 7) is 5.00. The Labute approximate surface area is 158 Å². The molecule has 0 bridgehead atoms. The van der Waals surface area contributed by atoms with Gasteiger partial charge in [0.15, 0.2) is 5.65 Å². The smallest absolute Gasteiger partial charge is 0.341 e. The van der Waals surface area contributed by atoms with Crippen LogP contribution in [0.3, 0.4) is 0 Å². The van der Waals surface area contributed by atoms with Gasteiger partial charge in [-0.3, -0.25) is 9.59 Å². The second-order valence-corrected chi connectivity index (χ2v) is 7.00. The number of nitrogens with two attached hydrogens (primary N) is 1. The number of anilines is 1. The van der Waals surface area contributed by atoms with E-state index in [1.165, 1.54) is 10.7 Å². The van der Waals surface area contributed by atoms with Gasteiger partial charge in [0.25, 0.3) is 11.8 Å². The largest absolute Gasteiger partial charge is 0.459 e. The Morgan fingerprint density at radius 1 is 1.33 bits per heavy atom. The van der Waals surface area contributed by atoms with Gasteiger partial charge < -0.3 is 15.8 Å². The van der Waals surface area contributed by atoms with Crippen LogP contribution in [0.4, 0.5) is 5.00 Å². The molecule has 0 aromatic carbocycles. The van der Waals surface area contributed by atoms with E-state index in [0.717, 1.165) is 11.3 Å². The molecule has 0 aliphatic carbocycles. The molecule has 3 heterocycles. The van der Waals surface area contributed by atoms with Crippen LogP contribution >= 0.6 is 11.3 Å². The number of hydrogen-bond donors (Lipinski definition) is 2. The normalized spacial score (nSPS) is 11.0. The van der Waals surface area contributed by atoms with Crippen LogP contribution in [-0.2, 0) is 4.74 Å². The van der Waals surface area contributed by atoms with Crippen LogP contribution < -0.4 is 11.1 Å². The van der Waals surface area contributed by atoms with E-state index in [4.69, 9.17) is 10.5 Å². The molecule has 0 aliphatic rings. The van der Waals surface area contributed by atoms with Crippen molar-refractivity contribution in [2.24, 2.45) is 5.73 Å². The zero-order chi connectivity index (χ0) is 19.7. The molecule has 0 saturated heterocycles. The molecule has 3 N–H and O–H groups in total. The lowest BCUT2D eigenvalue weighted by molar-refractivity contribution is 0.0379. The van der Waals surface area contributed by atoms with Crippen LogP contribution in [0, 0.1) is 6.92 Å². The number of rotatable bonds is 5. The zero-order valence-corrected chi connectivity index (χ0v) is 15.7. The first kappa shape index (κ1) is 18.5. The maximum absolute atomic E-state index is 12.7. The van der Waals surface area contributed by atoms with E-state index in [2.05, 4.69) is 15.4 Å². The second-order valence-electron chi connectivity index (χ2n) is 5.98. The van der Waals surface area contributed by atoms with Crippen molar-refractivity contribution < 1.29 is 19.1 Å². The third kappa shape index (κ3) is 3.51. The number of ether oxygens (including phenoxy) is 1. The Morgan fingerprint density at radius 2 is 2.07 bits per heavy atom. The number of fused-ring (bicyclic) bond motifs is 1. The highest BCUT2D eigenvalue weighted by Crippen LogP contribution is 2.34. The fourth-order valence-electron chi connectivity index (χ4n) is 2.51. The molecule has 0 saturated carbocycles. The molecular formula is C17H17N5O4S. The summed E-state index contributed by atoms with van der Waals surface area (Å²) in [6, 6.07) is 1.68. The molecule has 0 unspecified atom stereocenters. The van der Waals surface area contributed by atoms with Gasteiger partial charge in [0, 0.05) is 12.4 Å². The Hall–Kier alpha value is -3.27. The van der Waals surface area contributed by atoms with Gasteiger partial charge in [-0.2, -0.15) is 5.10 Å². The van der Waals surface area contributed by atoms with E-state index >= 15 is 0 Å². The molecule has 0 atom stereocenters. The van der Waals surface area contributed by atoms with E-state index in [1.54, 1.807) is 39.2 Å². The highest BCUT2D eigenvalue weighted by atomic mass is 32.1. The number of thiophene rings is 1. The number of esters is 1. The predicted molar refractivity (Wildman–Crippen MR) is 99.1 cm³/mol. The standard InChI is InChI=1S/C17H17N5O4S/c1-8(2)26-17(25)11-9(3)12(13(18)23)27-16(11)21-15(24)10-7-20-22-6-4-5-19-14(10)22/h4-8H,1-3H3,(H2,18,23)(H,21,24). The van der Waals surface area contributed by atoms with Crippen molar-refractivity contribution in [3.8, 4) is 0 Å². The van der Waals surface area contributed by atoms with Crippen LogP contribution in [0.5, 0.6) is 0 Å². The van der Waals surface area contributed by atoms with Gasteiger partial charge in [-0.15, -0.1) is 11.3 Å². The van der Waals surface area contributed by atoms with Crippen molar-refractivity contribution in [3.05, 3.63) is 46.2 Å². The van der Waals surface area contributed by atoms with E-state index in [1.807, 2.05) is 0 Å². The SMILES string of the molecule is Cc1c(C(N)=O)sc(NC(=O)c2cnn3cccnc23)c1C(=O)OC(C)C. The molecule has 0 spiro atoms. The maximum atomic E-state index is 12.7. The van der Waals surface area contributed by atoms with Gasteiger partial charge in [-0.1, -0.05) is 0 Å². The van der Waals surface area contributed by atoms with E-state index < -0.39 is 17.8 Å². The highest BCUT2D eigenvalue weighted by molar-refractivity contribution is 7.18. The first-order valence-corrected chi connectivity index (χ1v) is 8.85. The number of hydrogen-bond acceptors (Lipinski definition) is 7. The van der Waals surface area contributed by atoms with Crippen molar-refractivity contribution in [3.63, 3.8) is 0 Å². The second kappa shape index (κ2) is 7.16. The third-order valence-corrected chi connectivity index (χ3v) is 4.89. The molecule has 27 heavy (non-hydrogen) atoms. The lowest BCUT2D eigenvalue weighted by atomic mass is 10.1. The topological polar surface area (TPSA) is 129 Å². The lowest BCUT2D eigenvalue weighted by Gasteiger charge is -2.10. The number of amides is 2. The summed E-state index contributed by atoms with van der Waals surface area (Å²) in [5.41, 5.74) is 6.45. The number of carbonyl (C=O) groups is 3. The zero-order valence-electron chi connectivity index (χ0n) is 14.8. The van der Waals surface area contributed by atoms with Crippen molar-refractivity contribution >= 4 is 39.8 Å². The van der Waals surface area contributed by atoms with Gasteiger partial charge in [0.05, 0.1) is 22.7 Å². The van der Waals surface area contributed by atoms with Gasteiger partial charge in [-0.05, 0) is 32.4 Å². The van der Waals surface area contributed by atoms with Gasteiger partial charge in [0.1, 0.15) is 10.6 Å². The summed E-state index contributed by atoms with van der Waals surface area (Å²) in [5.74, 6) is -1.84. The molecule has 0 aliphatic heterocycles. The quantitative estimate of drug-likeness (QED) is 0.645. The molecule has 0 fully saturated rings. The van der Waals surface area contributed by atoms with Crippen LogP contribution in [0.25, 0.3) is 5.65 Å². The van der Waals surface area contributed by atoms with Crippen molar-refractivity contribution in [1.82, 2.24) is 14.6 Å². The van der Waals surface area contributed by atoms with Crippen LogP contribution in [0.1, 0.15) is 49.8 Å².